The van der Waals surface area contributed by atoms with Gasteiger partial charge in [-0.05, 0) is 37.5 Å². The molecule has 1 aromatic carbocycles. The monoisotopic (exact) mass is 306 g/mol. The first-order valence-corrected chi connectivity index (χ1v) is 7.95. The van der Waals surface area contributed by atoms with Gasteiger partial charge in [0.05, 0.1) is 6.61 Å². The third kappa shape index (κ3) is 7.67. The predicted octanol–water partition coefficient (Wildman–Crippen LogP) is 3.49. The van der Waals surface area contributed by atoms with Gasteiger partial charge in [-0.3, -0.25) is 4.79 Å². The van der Waals surface area contributed by atoms with Gasteiger partial charge >= 0.3 is 6.09 Å². The average Bonchev–Trinajstić information content (AvgIpc) is 2.49. The van der Waals surface area contributed by atoms with Crippen LogP contribution < -0.4 is 10.6 Å². The molecule has 2 amide bonds. The number of ether oxygens (including phenoxy) is 1. The molecule has 0 aliphatic rings. The molecule has 5 heteroatoms. The minimum absolute atomic E-state index is 0.129. The number of rotatable bonds is 9. The van der Waals surface area contributed by atoms with Crippen LogP contribution in [0.15, 0.2) is 24.3 Å². The van der Waals surface area contributed by atoms with Gasteiger partial charge in [-0.25, -0.2) is 4.79 Å². The van der Waals surface area contributed by atoms with Gasteiger partial charge in [0.25, 0.3) is 0 Å². The van der Waals surface area contributed by atoms with Gasteiger partial charge in [0.15, 0.2) is 0 Å². The SMILES string of the molecule is CCCCCc1ccc(NC(=O)CCNC(=O)OCC)cc1. The van der Waals surface area contributed by atoms with E-state index in [1.165, 1.54) is 24.8 Å². The summed E-state index contributed by atoms with van der Waals surface area (Å²) in [4.78, 5) is 22.8. The van der Waals surface area contributed by atoms with Crippen molar-refractivity contribution < 1.29 is 14.3 Å². The summed E-state index contributed by atoms with van der Waals surface area (Å²) in [5.74, 6) is -0.129. The Morgan fingerprint density at radius 3 is 2.45 bits per heavy atom. The molecule has 0 atom stereocenters. The molecule has 0 saturated heterocycles. The average molecular weight is 306 g/mol. The van der Waals surface area contributed by atoms with Gasteiger partial charge in [0, 0.05) is 18.7 Å². The molecule has 1 rings (SSSR count). The Hall–Kier alpha value is -2.04. The van der Waals surface area contributed by atoms with Gasteiger partial charge in [-0.15, -0.1) is 0 Å². The predicted molar refractivity (Wildman–Crippen MR) is 87.9 cm³/mol. The van der Waals surface area contributed by atoms with E-state index in [9.17, 15) is 9.59 Å². The summed E-state index contributed by atoms with van der Waals surface area (Å²) < 4.78 is 4.71. The Kier molecular flexibility index (Phi) is 8.72. The lowest BCUT2D eigenvalue weighted by Gasteiger charge is -2.07. The number of nitrogens with one attached hydrogen (secondary N) is 2. The Bertz CT molecular complexity index is 457. The van der Waals surface area contributed by atoms with E-state index in [1.54, 1.807) is 6.92 Å². The standard InChI is InChI=1S/C17H26N2O3/c1-3-5-6-7-14-8-10-15(11-9-14)19-16(20)12-13-18-17(21)22-4-2/h8-11H,3-7,12-13H2,1-2H3,(H,18,21)(H,19,20). The van der Waals surface area contributed by atoms with Crippen molar-refractivity contribution in [3.05, 3.63) is 29.8 Å². The molecule has 2 N–H and O–H groups in total. The Morgan fingerprint density at radius 2 is 1.82 bits per heavy atom. The van der Waals surface area contributed by atoms with E-state index in [2.05, 4.69) is 17.6 Å². The van der Waals surface area contributed by atoms with E-state index < -0.39 is 6.09 Å². The van der Waals surface area contributed by atoms with Crippen molar-refractivity contribution in [2.45, 2.75) is 46.0 Å². The number of alkyl carbamates (subject to hydrolysis) is 1. The number of carbonyl (C=O) groups excluding carboxylic acids is 2. The summed E-state index contributed by atoms with van der Waals surface area (Å²) in [6.07, 6.45) is 4.45. The highest BCUT2D eigenvalue weighted by Gasteiger charge is 2.05. The van der Waals surface area contributed by atoms with Crippen LogP contribution in [-0.4, -0.2) is 25.2 Å². The number of aryl methyl sites for hydroxylation is 1. The molecule has 0 radical (unpaired) electrons. The van der Waals surface area contributed by atoms with Crippen molar-refractivity contribution in [2.24, 2.45) is 0 Å². The van der Waals surface area contributed by atoms with Gasteiger partial charge in [-0.2, -0.15) is 0 Å². The lowest BCUT2D eigenvalue weighted by atomic mass is 10.1. The highest BCUT2D eigenvalue weighted by Crippen LogP contribution is 2.12. The largest absolute Gasteiger partial charge is 0.450 e. The minimum Gasteiger partial charge on any atom is -0.450 e. The number of anilines is 1. The van der Waals surface area contributed by atoms with Crippen LogP contribution in [-0.2, 0) is 16.0 Å². The molecule has 0 aromatic heterocycles. The molecule has 0 fully saturated rings. The summed E-state index contributed by atoms with van der Waals surface area (Å²) in [5.41, 5.74) is 2.07. The number of benzene rings is 1. The number of carbonyl (C=O) groups is 2. The summed E-state index contributed by atoms with van der Waals surface area (Å²) in [7, 11) is 0. The first-order valence-electron chi connectivity index (χ1n) is 7.95. The van der Waals surface area contributed by atoms with Crippen molar-refractivity contribution in [1.29, 1.82) is 0 Å². The van der Waals surface area contributed by atoms with Crippen LogP contribution in [0.3, 0.4) is 0 Å². The summed E-state index contributed by atoms with van der Waals surface area (Å²) in [6, 6.07) is 7.92. The maximum atomic E-state index is 11.7. The minimum atomic E-state index is -0.494. The fraction of sp³-hybridized carbons (Fsp3) is 0.529. The van der Waals surface area contributed by atoms with Crippen molar-refractivity contribution >= 4 is 17.7 Å². The Labute approximate surface area is 132 Å². The highest BCUT2D eigenvalue weighted by molar-refractivity contribution is 5.91. The Balaban J connectivity index is 2.27. The normalized spacial score (nSPS) is 10.1. The second-order valence-electron chi connectivity index (χ2n) is 5.10. The van der Waals surface area contributed by atoms with Gasteiger partial charge < -0.3 is 15.4 Å². The van der Waals surface area contributed by atoms with E-state index >= 15 is 0 Å². The van der Waals surface area contributed by atoms with Gasteiger partial charge in [0.2, 0.25) is 5.91 Å². The van der Waals surface area contributed by atoms with Crippen LogP contribution in [0.2, 0.25) is 0 Å². The molecule has 0 bridgehead atoms. The molecule has 5 nitrogen and oxygen atoms in total. The van der Waals surface area contributed by atoms with Crippen molar-refractivity contribution in [3.63, 3.8) is 0 Å². The topological polar surface area (TPSA) is 67.4 Å². The third-order valence-corrected chi connectivity index (χ3v) is 3.20. The van der Waals surface area contributed by atoms with Crippen LogP contribution in [0.4, 0.5) is 10.5 Å². The number of hydrogen-bond acceptors (Lipinski definition) is 3. The zero-order valence-corrected chi connectivity index (χ0v) is 13.5. The quantitative estimate of drug-likeness (QED) is 0.686. The van der Waals surface area contributed by atoms with Crippen LogP contribution in [0.5, 0.6) is 0 Å². The third-order valence-electron chi connectivity index (χ3n) is 3.20. The van der Waals surface area contributed by atoms with E-state index in [-0.39, 0.29) is 18.9 Å². The van der Waals surface area contributed by atoms with E-state index in [1.807, 2.05) is 24.3 Å². The van der Waals surface area contributed by atoms with Crippen molar-refractivity contribution in [1.82, 2.24) is 5.32 Å². The fourth-order valence-electron chi connectivity index (χ4n) is 2.02. The number of amides is 2. The highest BCUT2D eigenvalue weighted by atomic mass is 16.5. The summed E-state index contributed by atoms with van der Waals surface area (Å²) in [6.45, 7) is 4.51. The maximum absolute atomic E-state index is 11.7. The summed E-state index contributed by atoms with van der Waals surface area (Å²) >= 11 is 0. The van der Waals surface area contributed by atoms with Gasteiger partial charge in [0.1, 0.15) is 0 Å². The molecule has 1 aromatic rings. The fourth-order valence-corrected chi connectivity index (χ4v) is 2.02. The summed E-state index contributed by atoms with van der Waals surface area (Å²) in [5, 5.41) is 5.33. The lowest BCUT2D eigenvalue weighted by Crippen LogP contribution is -2.28. The molecule has 0 spiro atoms. The molecule has 0 heterocycles. The molecule has 0 aliphatic heterocycles. The van der Waals surface area contributed by atoms with Gasteiger partial charge in [-0.1, -0.05) is 31.9 Å². The van der Waals surface area contributed by atoms with E-state index in [0.29, 0.717) is 6.61 Å². The van der Waals surface area contributed by atoms with Crippen molar-refractivity contribution in [3.8, 4) is 0 Å². The number of unbranched alkanes of at least 4 members (excludes halogenated alkanes) is 2. The zero-order chi connectivity index (χ0) is 16.2. The molecule has 122 valence electrons. The number of hydrogen-bond donors (Lipinski definition) is 2. The second kappa shape index (κ2) is 10.7. The molecule has 0 aliphatic carbocycles. The molecule has 0 saturated carbocycles. The van der Waals surface area contributed by atoms with Crippen LogP contribution in [0.1, 0.15) is 45.1 Å². The van der Waals surface area contributed by atoms with Crippen LogP contribution >= 0.6 is 0 Å². The molecule has 22 heavy (non-hydrogen) atoms. The van der Waals surface area contributed by atoms with Crippen LogP contribution in [0.25, 0.3) is 0 Å². The van der Waals surface area contributed by atoms with Crippen molar-refractivity contribution in [2.75, 3.05) is 18.5 Å². The maximum Gasteiger partial charge on any atom is 0.407 e. The molecular formula is C17H26N2O3. The zero-order valence-electron chi connectivity index (χ0n) is 13.5. The van der Waals surface area contributed by atoms with E-state index in [0.717, 1.165) is 12.1 Å². The van der Waals surface area contributed by atoms with Crippen LogP contribution in [0, 0.1) is 0 Å². The molecular weight excluding hydrogens is 280 g/mol. The Morgan fingerprint density at radius 1 is 1.09 bits per heavy atom. The second-order valence-corrected chi connectivity index (χ2v) is 5.10. The lowest BCUT2D eigenvalue weighted by molar-refractivity contribution is -0.116. The van der Waals surface area contributed by atoms with E-state index in [4.69, 9.17) is 4.74 Å². The molecule has 0 unspecified atom stereocenters. The first-order chi connectivity index (χ1) is 10.7. The smallest absolute Gasteiger partial charge is 0.407 e. The first kappa shape index (κ1) is 18.0.